The maximum absolute atomic E-state index is 11.4. The summed E-state index contributed by atoms with van der Waals surface area (Å²) in [5.74, 6) is 7.62. The van der Waals surface area contributed by atoms with Gasteiger partial charge in [0.15, 0.2) is 10.9 Å². The van der Waals surface area contributed by atoms with Gasteiger partial charge in [-0.2, -0.15) is 0 Å². The normalized spacial score (nSPS) is 16.0. The smallest absolute Gasteiger partial charge is 0.316 e. The summed E-state index contributed by atoms with van der Waals surface area (Å²) < 4.78 is 10.7. The molecule has 0 bridgehead atoms. The molecule has 0 saturated heterocycles. The summed E-state index contributed by atoms with van der Waals surface area (Å²) in [5.41, 5.74) is 1.76. The van der Waals surface area contributed by atoms with E-state index in [1.807, 2.05) is 30.3 Å². The average Bonchev–Trinajstić information content (AvgIpc) is 3.19. The van der Waals surface area contributed by atoms with Gasteiger partial charge in [0, 0.05) is 18.0 Å². The predicted molar refractivity (Wildman–Crippen MR) is 126 cm³/mol. The topological polar surface area (TPSA) is 64.2 Å². The minimum Gasteiger partial charge on any atom is -0.468 e. The van der Waals surface area contributed by atoms with Gasteiger partial charge in [-0.25, -0.2) is 4.99 Å². The number of carbonyl (C=O) groups excluding carboxylic acids is 1. The fourth-order valence-corrected chi connectivity index (χ4v) is 3.95. The molecule has 3 aromatic rings. The lowest BCUT2D eigenvalue weighted by Gasteiger charge is -2.09. The van der Waals surface area contributed by atoms with Crippen LogP contribution in [0.4, 0.5) is 0 Å². The second kappa shape index (κ2) is 9.67. The van der Waals surface area contributed by atoms with E-state index in [1.165, 1.54) is 24.3 Å². The summed E-state index contributed by atoms with van der Waals surface area (Å²) in [6.07, 6.45) is 0.861. The van der Waals surface area contributed by atoms with Crippen molar-refractivity contribution in [2.75, 3.05) is 19.4 Å². The summed E-state index contributed by atoms with van der Waals surface area (Å²) in [5, 5.41) is 2.92. The average molecular weight is 431 g/mol. The molecule has 0 fully saturated rings. The first kappa shape index (κ1) is 21.0. The van der Waals surface area contributed by atoms with E-state index in [2.05, 4.69) is 53.0 Å². The van der Waals surface area contributed by atoms with Gasteiger partial charge in [-0.1, -0.05) is 54.9 Å². The summed E-state index contributed by atoms with van der Waals surface area (Å²) in [6.45, 7) is 2.76. The van der Waals surface area contributed by atoms with Gasteiger partial charge in [-0.05, 0) is 47.4 Å². The van der Waals surface area contributed by atoms with Crippen molar-refractivity contribution >= 4 is 39.4 Å². The number of fused-ring (bicyclic) bond motifs is 1. The summed E-state index contributed by atoms with van der Waals surface area (Å²) in [7, 11) is 1.37. The Morgan fingerprint density at radius 1 is 1.16 bits per heavy atom. The lowest BCUT2D eigenvalue weighted by molar-refractivity contribution is -0.137. The number of methoxy groups -OCH3 is 1. The highest BCUT2D eigenvalue weighted by Gasteiger charge is 2.20. The molecular formula is C25H22N2O3S. The highest BCUT2D eigenvalue weighted by atomic mass is 32.2. The number of esters is 1. The van der Waals surface area contributed by atoms with Crippen molar-refractivity contribution in [2.45, 2.75) is 13.3 Å². The second-order valence-electron chi connectivity index (χ2n) is 7.19. The van der Waals surface area contributed by atoms with Crippen LogP contribution in [0.2, 0.25) is 0 Å². The lowest BCUT2D eigenvalue weighted by Crippen LogP contribution is -2.13. The van der Waals surface area contributed by atoms with Crippen molar-refractivity contribution in [1.29, 1.82) is 0 Å². The Morgan fingerprint density at radius 3 is 2.84 bits per heavy atom. The number of nitrogens with zero attached hydrogens (tertiary/aromatic N) is 2. The fourth-order valence-electron chi connectivity index (χ4n) is 3.24. The zero-order valence-corrected chi connectivity index (χ0v) is 18.2. The molecule has 1 aliphatic rings. The lowest BCUT2D eigenvalue weighted by atomic mass is 10.0. The van der Waals surface area contributed by atoms with Crippen LogP contribution in [0.1, 0.15) is 30.4 Å². The van der Waals surface area contributed by atoms with Gasteiger partial charge < -0.3 is 9.15 Å². The number of hydrogen-bond acceptors (Lipinski definition) is 6. The van der Waals surface area contributed by atoms with Gasteiger partial charge in [0.2, 0.25) is 0 Å². The standard InChI is InChI=1S/C25H22N2O3S/c1-17-13-14-26-25(31-16-23(28)29-2)27-24(17)22-12-11-21(30-22)10-8-18-7-9-19-5-3-4-6-20(19)15-18/h3-7,9,11-12,15,17H,13-14,16H2,1-2H3. The zero-order valence-electron chi connectivity index (χ0n) is 17.4. The summed E-state index contributed by atoms with van der Waals surface area (Å²) in [6, 6.07) is 18.1. The maximum atomic E-state index is 11.4. The third-order valence-corrected chi connectivity index (χ3v) is 5.84. The fraction of sp³-hybridized carbons (Fsp3) is 0.240. The predicted octanol–water partition coefficient (Wildman–Crippen LogP) is 4.92. The zero-order chi connectivity index (χ0) is 21.6. The highest BCUT2D eigenvalue weighted by Crippen LogP contribution is 2.22. The number of rotatable bonds is 3. The molecule has 1 aliphatic heterocycles. The molecule has 1 unspecified atom stereocenters. The number of aliphatic imine (C=N–C) groups is 2. The molecule has 0 spiro atoms. The number of furan rings is 1. The van der Waals surface area contributed by atoms with Crippen molar-refractivity contribution in [2.24, 2.45) is 15.9 Å². The summed E-state index contributed by atoms with van der Waals surface area (Å²) in [4.78, 5) is 20.6. The number of amidine groups is 1. The third kappa shape index (κ3) is 5.25. The third-order valence-electron chi connectivity index (χ3n) is 4.98. The van der Waals surface area contributed by atoms with Crippen LogP contribution in [0.15, 0.2) is 69.0 Å². The first-order chi connectivity index (χ1) is 15.1. The summed E-state index contributed by atoms with van der Waals surface area (Å²) >= 11 is 1.28. The molecule has 0 amide bonds. The van der Waals surface area contributed by atoms with E-state index in [9.17, 15) is 4.79 Å². The Kier molecular flexibility index (Phi) is 6.54. The molecule has 4 rings (SSSR count). The molecule has 1 aromatic heterocycles. The van der Waals surface area contributed by atoms with Crippen LogP contribution in [0.3, 0.4) is 0 Å². The van der Waals surface area contributed by atoms with Crippen LogP contribution < -0.4 is 0 Å². The quantitative estimate of drug-likeness (QED) is 0.437. The van der Waals surface area contributed by atoms with Gasteiger partial charge in [-0.15, -0.1) is 0 Å². The van der Waals surface area contributed by atoms with Gasteiger partial charge in [0.25, 0.3) is 0 Å². The SMILES string of the molecule is COC(=O)CSC1=NCCC(C)C(c2ccc(C#Cc3ccc4ccccc4c3)o2)=N1. The Labute approximate surface area is 185 Å². The minimum absolute atomic E-state index is 0.182. The molecule has 2 aromatic carbocycles. The first-order valence-electron chi connectivity index (χ1n) is 10.1. The van der Waals surface area contributed by atoms with E-state index < -0.39 is 0 Å². The monoisotopic (exact) mass is 430 g/mol. The molecule has 0 radical (unpaired) electrons. The van der Waals surface area contributed by atoms with E-state index in [1.54, 1.807) is 0 Å². The van der Waals surface area contributed by atoms with Gasteiger partial charge in [0.1, 0.15) is 5.76 Å². The molecular weight excluding hydrogens is 408 g/mol. The molecule has 0 saturated carbocycles. The van der Waals surface area contributed by atoms with E-state index in [-0.39, 0.29) is 17.6 Å². The molecule has 6 heteroatoms. The van der Waals surface area contributed by atoms with Crippen molar-refractivity contribution in [3.05, 3.63) is 71.7 Å². The van der Waals surface area contributed by atoms with Gasteiger partial charge in [-0.3, -0.25) is 9.79 Å². The molecule has 0 aliphatic carbocycles. The van der Waals surface area contributed by atoms with E-state index in [0.29, 0.717) is 23.2 Å². The maximum Gasteiger partial charge on any atom is 0.316 e. The van der Waals surface area contributed by atoms with Crippen molar-refractivity contribution in [1.82, 2.24) is 0 Å². The number of thioether (sulfide) groups is 1. The highest BCUT2D eigenvalue weighted by molar-refractivity contribution is 8.14. The number of carbonyl (C=O) groups is 1. The molecule has 156 valence electrons. The van der Waals surface area contributed by atoms with Crippen LogP contribution in [-0.4, -0.2) is 36.3 Å². The Balaban J connectivity index is 1.54. The molecule has 5 nitrogen and oxygen atoms in total. The Hall–Kier alpha value is -3.30. The van der Waals surface area contributed by atoms with Crippen LogP contribution in [0, 0.1) is 17.8 Å². The number of ether oxygens (including phenoxy) is 1. The van der Waals surface area contributed by atoms with E-state index >= 15 is 0 Å². The molecule has 2 heterocycles. The largest absolute Gasteiger partial charge is 0.468 e. The second-order valence-corrected chi connectivity index (χ2v) is 8.13. The van der Waals surface area contributed by atoms with Gasteiger partial charge >= 0.3 is 5.97 Å². The van der Waals surface area contributed by atoms with Crippen LogP contribution in [-0.2, 0) is 9.53 Å². The molecule has 31 heavy (non-hydrogen) atoms. The van der Waals surface area contributed by atoms with Crippen molar-refractivity contribution < 1.29 is 13.9 Å². The van der Waals surface area contributed by atoms with Crippen LogP contribution in [0.5, 0.6) is 0 Å². The van der Waals surface area contributed by atoms with Crippen molar-refractivity contribution in [3.8, 4) is 11.8 Å². The number of benzene rings is 2. The van der Waals surface area contributed by atoms with Crippen molar-refractivity contribution in [3.63, 3.8) is 0 Å². The first-order valence-corrected chi connectivity index (χ1v) is 11.0. The van der Waals surface area contributed by atoms with Gasteiger partial charge in [0.05, 0.1) is 18.6 Å². The van der Waals surface area contributed by atoms with Crippen LogP contribution >= 0.6 is 11.8 Å². The van der Waals surface area contributed by atoms with Crippen LogP contribution in [0.25, 0.3) is 10.8 Å². The molecule has 0 N–H and O–H groups in total. The van der Waals surface area contributed by atoms with E-state index in [4.69, 9.17) is 9.15 Å². The minimum atomic E-state index is -0.300. The Morgan fingerprint density at radius 2 is 2.00 bits per heavy atom. The van der Waals surface area contributed by atoms with E-state index in [0.717, 1.165) is 23.1 Å². The molecule has 1 atom stereocenters. The number of hydrogen-bond donors (Lipinski definition) is 0. The Bertz CT molecular complexity index is 1230.